The third kappa shape index (κ3) is 4.78. The first-order chi connectivity index (χ1) is 7.78. The molecule has 1 aromatic rings. The number of esters is 1. The van der Waals surface area contributed by atoms with Crippen LogP contribution in [0.1, 0.15) is 25.6 Å². The van der Waals surface area contributed by atoms with Crippen LogP contribution in [0.4, 0.5) is 5.00 Å². The number of ether oxygens (including phenoxy) is 1. The third-order valence-electron chi connectivity index (χ3n) is 1.58. The van der Waals surface area contributed by atoms with Crippen LogP contribution in [0.15, 0.2) is 18.2 Å². The van der Waals surface area contributed by atoms with Crippen LogP contribution in [-0.2, 0) is 9.53 Å². The molecule has 0 spiro atoms. The number of carbonyl (C=O) groups excluding carboxylic acids is 1. The van der Waals surface area contributed by atoms with Crippen molar-refractivity contribution < 1.29 is 14.5 Å². The van der Waals surface area contributed by atoms with Gasteiger partial charge in [-0.3, -0.25) is 10.1 Å². The number of thiophene rings is 1. The Bertz CT molecular complexity index is 456. The summed E-state index contributed by atoms with van der Waals surface area (Å²) in [4.78, 5) is 22.0. The molecule has 0 aliphatic carbocycles. The smallest absolute Gasteiger partial charge is 0.331 e. The second-order valence-electron chi connectivity index (χ2n) is 4.30. The van der Waals surface area contributed by atoms with Crippen LogP contribution in [0, 0.1) is 10.1 Å². The Hall–Kier alpha value is -1.69. The maximum Gasteiger partial charge on any atom is 0.331 e. The molecule has 0 fully saturated rings. The van der Waals surface area contributed by atoms with Crippen LogP contribution >= 0.6 is 11.3 Å². The monoisotopic (exact) mass is 255 g/mol. The van der Waals surface area contributed by atoms with Crippen molar-refractivity contribution in [3.05, 3.63) is 33.2 Å². The second kappa shape index (κ2) is 5.09. The molecule has 1 aromatic heterocycles. The molecule has 5 nitrogen and oxygen atoms in total. The van der Waals surface area contributed by atoms with E-state index in [0.717, 1.165) is 11.3 Å². The number of rotatable bonds is 3. The predicted molar refractivity (Wildman–Crippen MR) is 65.9 cm³/mol. The summed E-state index contributed by atoms with van der Waals surface area (Å²) in [6.45, 7) is 5.32. The Morgan fingerprint density at radius 1 is 1.47 bits per heavy atom. The number of nitro groups is 1. The summed E-state index contributed by atoms with van der Waals surface area (Å²) < 4.78 is 5.06. The van der Waals surface area contributed by atoms with E-state index in [1.54, 1.807) is 26.8 Å². The minimum Gasteiger partial charge on any atom is -0.457 e. The van der Waals surface area contributed by atoms with E-state index in [1.807, 2.05) is 0 Å². The lowest BCUT2D eigenvalue weighted by molar-refractivity contribution is -0.380. The van der Waals surface area contributed by atoms with Gasteiger partial charge in [0.15, 0.2) is 0 Å². The zero-order valence-corrected chi connectivity index (χ0v) is 10.6. The van der Waals surface area contributed by atoms with Gasteiger partial charge in [0.2, 0.25) is 0 Å². The van der Waals surface area contributed by atoms with E-state index >= 15 is 0 Å². The van der Waals surface area contributed by atoms with Crippen molar-refractivity contribution in [3.8, 4) is 0 Å². The Morgan fingerprint density at radius 2 is 2.12 bits per heavy atom. The van der Waals surface area contributed by atoms with Gasteiger partial charge in [-0.15, -0.1) is 0 Å². The van der Waals surface area contributed by atoms with Crippen LogP contribution < -0.4 is 0 Å². The number of hydrogen-bond donors (Lipinski definition) is 0. The van der Waals surface area contributed by atoms with Gasteiger partial charge in [0.25, 0.3) is 0 Å². The fraction of sp³-hybridized carbons (Fsp3) is 0.364. The summed E-state index contributed by atoms with van der Waals surface area (Å²) >= 11 is 1.01. The molecule has 0 saturated carbocycles. The molecule has 0 aromatic carbocycles. The number of nitrogens with zero attached hydrogens (tertiary/aromatic N) is 1. The van der Waals surface area contributed by atoms with Gasteiger partial charge in [0.1, 0.15) is 5.60 Å². The minimum atomic E-state index is -0.539. The van der Waals surface area contributed by atoms with Crippen molar-refractivity contribution in [2.24, 2.45) is 0 Å². The average molecular weight is 255 g/mol. The Balaban J connectivity index is 2.64. The Kier molecular flexibility index (Phi) is 4.01. The van der Waals surface area contributed by atoms with Crippen LogP contribution in [0.3, 0.4) is 0 Å². The largest absolute Gasteiger partial charge is 0.457 e. The minimum absolute atomic E-state index is 0.0499. The van der Waals surface area contributed by atoms with E-state index in [0.29, 0.717) is 4.88 Å². The quantitative estimate of drug-likeness (QED) is 0.360. The highest BCUT2D eigenvalue weighted by Crippen LogP contribution is 2.24. The van der Waals surface area contributed by atoms with Crippen molar-refractivity contribution in [2.45, 2.75) is 26.4 Å². The van der Waals surface area contributed by atoms with Crippen molar-refractivity contribution in [3.63, 3.8) is 0 Å². The summed E-state index contributed by atoms with van der Waals surface area (Å²) in [7, 11) is 0. The fourth-order valence-electron chi connectivity index (χ4n) is 1.02. The molecule has 0 aliphatic heterocycles. The summed E-state index contributed by atoms with van der Waals surface area (Å²) in [5.41, 5.74) is -0.539. The van der Waals surface area contributed by atoms with Crippen molar-refractivity contribution >= 4 is 28.4 Å². The second-order valence-corrected chi connectivity index (χ2v) is 5.39. The molecule has 0 aliphatic rings. The van der Waals surface area contributed by atoms with Gasteiger partial charge in [-0.1, -0.05) is 11.3 Å². The molecule has 0 bridgehead atoms. The van der Waals surface area contributed by atoms with Crippen LogP contribution in [0.25, 0.3) is 6.08 Å². The lowest BCUT2D eigenvalue weighted by atomic mass is 10.2. The van der Waals surface area contributed by atoms with E-state index in [2.05, 4.69) is 0 Å². The van der Waals surface area contributed by atoms with Crippen LogP contribution in [0.2, 0.25) is 0 Å². The topological polar surface area (TPSA) is 69.4 Å². The van der Waals surface area contributed by atoms with Crippen LogP contribution in [-0.4, -0.2) is 16.5 Å². The lowest BCUT2D eigenvalue weighted by Gasteiger charge is -2.17. The van der Waals surface area contributed by atoms with E-state index in [1.165, 1.54) is 18.2 Å². The molecular weight excluding hydrogens is 242 g/mol. The Morgan fingerprint density at radius 3 is 2.59 bits per heavy atom. The third-order valence-corrected chi connectivity index (χ3v) is 2.59. The van der Waals surface area contributed by atoms with Gasteiger partial charge in [-0.05, 0) is 32.9 Å². The fourth-order valence-corrected chi connectivity index (χ4v) is 1.74. The Labute approximate surface area is 103 Å². The maximum absolute atomic E-state index is 11.3. The van der Waals surface area contributed by atoms with Crippen molar-refractivity contribution in [1.82, 2.24) is 0 Å². The molecule has 0 atom stereocenters. The normalized spacial score (nSPS) is 11.7. The summed E-state index contributed by atoms with van der Waals surface area (Å²) in [6.07, 6.45) is 2.77. The molecule has 0 radical (unpaired) electrons. The zero-order valence-electron chi connectivity index (χ0n) is 9.80. The molecule has 92 valence electrons. The zero-order chi connectivity index (χ0) is 13.1. The van der Waals surface area contributed by atoms with Crippen LogP contribution in [0.5, 0.6) is 0 Å². The lowest BCUT2D eigenvalue weighted by Crippen LogP contribution is -2.22. The molecule has 0 saturated heterocycles. The van der Waals surface area contributed by atoms with Gasteiger partial charge in [0.05, 0.1) is 4.92 Å². The summed E-state index contributed by atoms with van der Waals surface area (Å²) in [5.74, 6) is -0.464. The SMILES string of the molecule is CC(C)(C)OC(=O)/C=C/c1ccc([N+](=O)[O-])s1. The molecule has 0 unspecified atom stereocenters. The van der Waals surface area contributed by atoms with Gasteiger partial charge >= 0.3 is 11.0 Å². The molecule has 1 heterocycles. The van der Waals surface area contributed by atoms with E-state index in [9.17, 15) is 14.9 Å². The number of hydrogen-bond acceptors (Lipinski definition) is 5. The first-order valence-corrected chi connectivity index (χ1v) is 5.75. The van der Waals surface area contributed by atoms with Gasteiger partial charge in [-0.25, -0.2) is 4.79 Å². The summed E-state index contributed by atoms with van der Waals surface area (Å²) in [5, 5.41) is 10.5. The van der Waals surface area contributed by atoms with Gasteiger partial charge < -0.3 is 4.74 Å². The maximum atomic E-state index is 11.3. The molecular formula is C11H13NO4S. The molecule has 0 N–H and O–H groups in total. The van der Waals surface area contributed by atoms with Crippen molar-refractivity contribution in [2.75, 3.05) is 0 Å². The number of carbonyl (C=O) groups is 1. The van der Waals surface area contributed by atoms with E-state index in [4.69, 9.17) is 4.74 Å². The van der Waals surface area contributed by atoms with Crippen molar-refractivity contribution in [1.29, 1.82) is 0 Å². The molecule has 6 heteroatoms. The predicted octanol–water partition coefficient (Wildman–Crippen LogP) is 3.01. The molecule has 17 heavy (non-hydrogen) atoms. The highest BCUT2D eigenvalue weighted by molar-refractivity contribution is 7.16. The highest BCUT2D eigenvalue weighted by atomic mass is 32.1. The highest BCUT2D eigenvalue weighted by Gasteiger charge is 2.14. The molecule has 1 rings (SSSR count). The van der Waals surface area contributed by atoms with Gasteiger partial charge in [0, 0.05) is 17.0 Å². The van der Waals surface area contributed by atoms with E-state index < -0.39 is 16.5 Å². The average Bonchev–Trinajstić information content (AvgIpc) is 2.60. The van der Waals surface area contributed by atoms with E-state index in [-0.39, 0.29) is 5.00 Å². The van der Waals surface area contributed by atoms with Gasteiger partial charge in [-0.2, -0.15) is 0 Å². The first kappa shape index (κ1) is 13.4. The first-order valence-electron chi connectivity index (χ1n) is 4.93. The summed E-state index contributed by atoms with van der Waals surface area (Å²) in [6, 6.07) is 2.99. The standard InChI is InChI=1S/C11H13NO4S/c1-11(2,3)16-10(13)7-5-8-4-6-9(17-8)12(14)15/h4-7H,1-3H3/b7-5+. The molecule has 0 amide bonds.